The summed E-state index contributed by atoms with van der Waals surface area (Å²) in [6.07, 6.45) is -0.954. The molecule has 1 aromatic rings. The van der Waals surface area contributed by atoms with Crippen LogP contribution in [-0.2, 0) is 0 Å². The molecule has 0 atom stereocenters. The van der Waals surface area contributed by atoms with E-state index in [2.05, 4.69) is 0 Å². The Bertz CT molecular complexity index is 234. The van der Waals surface area contributed by atoms with Gasteiger partial charge < -0.3 is 15.3 Å². The van der Waals surface area contributed by atoms with Crippen LogP contribution >= 0.6 is 0 Å². The molecule has 0 radical (unpaired) electrons. The van der Waals surface area contributed by atoms with Crippen molar-refractivity contribution in [1.29, 1.82) is 0 Å². The molecule has 0 unspecified atom stereocenters. The monoisotopic (exact) mass is 206 g/mol. The van der Waals surface area contributed by atoms with Crippen molar-refractivity contribution in [2.75, 3.05) is 13.2 Å². The van der Waals surface area contributed by atoms with Crippen molar-refractivity contribution in [3.8, 4) is 0 Å². The van der Waals surface area contributed by atoms with Gasteiger partial charge in [0.15, 0.2) is 0 Å². The Balaban J connectivity index is 0.000000255. The molecule has 0 aromatic heterocycles. The summed E-state index contributed by atoms with van der Waals surface area (Å²) >= 11 is 0. The van der Waals surface area contributed by atoms with Crippen LogP contribution in [0, 0.1) is 11.6 Å². The molecule has 1 rings (SSSR count). The number of halogens is 2. The summed E-state index contributed by atoms with van der Waals surface area (Å²) in [5.41, 5.74) is 0. The molecule has 1 aromatic carbocycles. The van der Waals surface area contributed by atoms with E-state index in [4.69, 9.17) is 15.3 Å². The zero-order chi connectivity index (χ0) is 11.0. The standard InChI is InChI=1S/C6H4F2.C3H8O3/c7-5-2-1-3-6(8)4-5;4-1-3(6)2-5/h1-4H;3-6H,1-2H2. The highest BCUT2D eigenvalue weighted by Gasteiger charge is 1.93. The van der Waals surface area contributed by atoms with Crippen LogP contribution in [0.2, 0.25) is 0 Å². The van der Waals surface area contributed by atoms with Gasteiger partial charge in [0.1, 0.15) is 17.7 Å². The van der Waals surface area contributed by atoms with E-state index in [1.165, 1.54) is 18.2 Å². The number of rotatable bonds is 2. The largest absolute Gasteiger partial charge is 0.394 e. The minimum atomic E-state index is -0.954. The second kappa shape index (κ2) is 7.37. The fourth-order valence-corrected chi connectivity index (χ4v) is 0.518. The summed E-state index contributed by atoms with van der Waals surface area (Å²) in [4.78, 5) is 0. The third-order valence-corrected chi connectivity index (χ3v) is 1.21. The van der Waals surface area contributed by atoms with Crippen molar-refractivity contribution < 1.29 is 24.1 Å². The minimum absolute atomic E-state index is 0.365. The molecule has 80 valence electrons. The first-order valence-corrected chi connectivity index (χ1v) is 3.91. The van der Waals surface area contributed by atoms with Gasteiger partial charge in [0.25, 0.3) is 0 Å². The lowest BCUT2D eigenvalue weighted by Crippen LogP contribution is -2.15. The fourth-order valence-electron chi connectivity index (χ4n) is 0.518. The SMILES string of the molecule is Fc1cccc(F)c1.OCC(O)CO. The molecule has 0 aliphatic carbocycles. The summed E-state index contributed by atoms with van der Waals surface area (Å²) in [6, 6.07) is 4.55. The van der Waals surface area contributed by atoms with E-state index in [-0.39, 0.29) is 13.2 Å². The van der Waals surface area contributed by atoms with Crippen molar-refractivity contribution in [2.24, 2.45) is 0 Å². The zero-order valence-corrected chi connectivity index (χ0v) is 7.40. The van der Waals surface area contributed by atoms with E-state index in [1.807, 2.05) is 0 Å². The van der Waals surface area contributed by atoms with E-state index in [9.17, 15) is 8.78 Å². The molecule has 0 aliphatic heterocycles. The summed E-state index contributed by atoms with van der Waals surface area (Å²) in [5.74, 6) is -1.07. The molecule has 0 spiro atoms. The average molecular weight is 206 g/mol. The predicted octanol–water partition coefficient (Wildman–Crippen LogP) is 0.297. The molecule has 0 saturated carbocycles. The van der Waals surface area contributed by atoms with E-state index in [0.717, 1.165) is 6.07 Å². The average Bonchev–Trinajstić information content (AvgIpc) is 2.17. The van der Waals surface area contributed by atoms with Gasteiger partial charge in [-0.25, -0.2) is 8.78 Å². The maximum atomic E-state index is 11.9. The first-order chi connectivity index (χ1) is 6.60. The Morgan fingerprint density at radius 1 is 1.07 bits per heavy atom. The molecular formula is C9H12F2O3. The molecule has 14 heavy (non-hydrogen) atoms. The van der Waals surface area contributed by atoms with E-state index in [0.29, 0.717) is 0 Å². The molecule has 0 amide bonds. The Morgan fingerprint density at radius 3 is 1.64 bits per heavy atom. The number of benzene rings is 1. The summed E-state index contributed by atoms with van der Waals surface area (Å²) < 4.78 is 23.9. The lowest BCUT2D eigenvalue weighted by atomic mass is 10.3. The third-order valence-electron chi connectivity index (χ3n) is 1.21. The van der Waals surface area contributed by atoms with E-state index >= 15 is 0 Å². The van der Waals surface area contributed by atoms with Crippen molar-refractivity contribution in [2.45, 2.75) is 6.10 Å². The maximum absolute atomic E-state index is 11.9. The minimum Gasteiger partial charge on any atom is -0.394 e. The first-order valence-electron chi connectivity index (χ1n) is 3.91. The highest BCUT2D eigenvalue weighted by Crippen LogP contribution is 1.99. The molecule has 0 saturated heterocycles. The summed E-state index contributed by atoms with van der Waals surface area (Å²) in [6.45, 7) is -0.729. The van der Waals surface area contributed by atoms with Crippen molar-refractivity contribution in [1.82, 2.24) is 0 Å². The van der Waals surface area contributed by atoms with Gasteiger partial charge >= 0.3 is 0 Å². The normalized spacial score (nSPS) is 9.57. The molecule has 0 bridgehead atoms. The Kier molecular flexibility index (Phi) is 6.82. The van der Waals surface area contributed by atoms with Crippen LogP contribution in [0.4, 0.5) is 8.78 Å². The molecule has 0 aliphatic rings. The second-order valence-electron chi connectivity index (χ2n) is 2.46. The topological polar surface area (TPSA) is 60.7 Å². The van der Waals surface area contributed by atoms with Gasteiger partial charge in [-0.15, -0.1) is 0 Å². The fraction of sp³-hybridized carbons (Fsp3) is 0.333. The van der Waals surface area contributed by atoms with Crippen LogP contribution in [0.5, 0.6) is 0 Å². The highest BCUT2D eigenvalue weighted by atomic mass is 19.1. The first kappa shape index (κ1) is 13.0. The van der Waals surface area contributed by atoms with Crippen LogP contribution < -0.4 is 0 Å². The third kappa shape index (κ3) is 6.47. The van der Waals surface area contributed by atoms with Gasteiger partial charge in [0, 0.05) is 6.07 Å². The Morgan fingerprint density at radius 2 is 1.50 bits per heavy atom. The van der Waals surface area contributed by atoms with Gasteiger partial charge in [0.2, 0.25) is 0 Å². The Hall–Kier alpha value is -1.04. The number of hydrogen-bond donors (Lipinski definition) is 3. The van der Waals surface area contributed by atoms with Crippen molar-refractivity contribution >= 4 is 0 Å². The van der Waals surface area contributed by atoms with Crippen LogP contribution in [0.3, 0.4) is 0 Å². The zero-order valence-electron chi connectivity index (χ0n) is 7.40. The van der Waals surface area contributed by atoms with Crippen molar-refractivity contribution in [3.63, 3.8) is 0 Å². The molecule has 0 fully saturated rings. The predicted molar refractivity (Wildman–Crippen MR) is 46.5 cm³/mol. The lowest BCUT2D eigenvalue weighted by molar-refractivity contribution is 0.0450. The van der Waals surface area contributed by atoms with Crippen molar-refractivity contribution in [3.05, 3.63) is 35.9 Å². The van der Waals surface area contributed by atoms with Crippen LogP contribution in [-0.4, -0.2) is 34.6 Å². The summed E-state index contributed by atoms with van der Waals surface area (Å²) in [5, 5.41) is 24.0. The number of hydrogen-bond acceptors (Lipinski definition) is 3. The molecule has 5 heteroatoms. The van der Waals surface area contributed by atoms with Crippen LogP contribution in [0.15, 0.2) is 24.3 Å². The van der Waals surface area contributed by atoms with Gasteiger partial charge in [-0.2, -0.15) is 0 Å². The second-order valence-corrected chi connectivity index (χ2v) is 2.46. The van der Waals surface area contributed by atoms with E-state index < -0.39 is 17.7 Å². The molecule has 0 heterocycles. The quantitative estimate of drug-likeness (QED) is 0.652. The number of aliphatic hydroxyl groups excluding tert-OH is 3. The molecule has 3 nitrogen and oxygen atoms in total. The van der Waals surface area contributed by atoms with Gasteiger partial charge in [-0.3, -0.25) is 0 Å². The maximum Gasteiger partial charge on any atom is 0.126 e. The smallest absolute Gasteiger partial charge is 0.126 e. The molecule has 3 N–H and O–H groups in total. The van der Waals surface area contributed by atoms with Gasteiger partial charge in [0.05, 0.1) is 13.2 Å². The number of aliphatic hydroxyl groups is 3. The Labute approximate surface area is 80.2 Å². The highest BCUT2D eigenvalue weighted by molar-refractivity contribution is 5.04. The van der Waals surface area contributed by atoms with Crippen LogP contribution in [0.1, 0.15) is 0 Å². The van der Waals surface area contributed by atoms with Gasteiger partial charge in [-0.1, -0.05) is 6.07 Å². The summed E-state index contributed by atoms with van der Waals surface area (Å²) in [7, 11) is 0. The van der Waals surface area contributed by atoms with Crippen LogP contribution in [0.25, 0.3) is 0 Å². The van der Waals surface area contributed by atoms with Gasteiger partial charge in [-0.05, 0) is 12.1 Å². The lowest BCUT2D eigenvalue weighted by Gasteiger charge is -1.96. The van der Waals surface area contributed by atoms with E-state index in [1.54, 1.807) is 0 Å². The molecular weight excluding hydrogens is 194 g/mol.